The number of hydrogen-bond acceptors (Lipinski definition) is 4. The minimum absolute atomic E-state index is 0.358. The Morgan fingerprint density at radius 1 is 1.24 bits per heavy atom. The fraction of sp³-hybridized carbons (Fsp3) is 0.381. The molecule has 1 fully saturated rings. The van der Waals surface area contributed by atoms with E-state index >= 15 is 0 Å². The van der Waals surface area contributed by atoms with Gasteiger partial charge < -0.3 is 15.7 Å². The van der Waals surface area contributed by atoms with Crippen LogP contribution in [-0.4, -0.2) is 37.0 Å². The van der Waals surface area contributed by atoms with Gasteiger partial charge in [0.15, 0.2) is 5.82 Å². The summed E-state index contributed by atoms with van der Waals surface area (Å²) in [5.74, 6) is 2.28. The minimum Gasteiger partial charge on any atom is -0.465 e. The number of amides is 1. The molecule has 0 bridgehead atoms. The maximum Gasteiger partial charge on any atom is 0.407 e. The topological polar surface area (TPSA) is 96.8 Å². The molecule has 8 heteroatoms. The van der Waals surface area contributed by atoms with Crippen molar-refractivity contribution >= 4 is 40.0 Å². The van der Waals surface area contributed by atoms with Crippen molar-refractivity contribution in [3.05, 3.63) is 57.8 Å². The SMILES string of the molecule is Nc1nccn2c(C3CCC(CN(Cc4ccccc4)C(=O)O)CC3)nc(I)c12. The number of halogens is 1. The third-order valence-corrected chi connectivity index (χ3v) is 6.50. The molecule has 1 aliphatic carbocycles. The van der Waals surface area contributed by atoms with Crippen LogP contribution >= 0.6 is 22.6 Å². The number of fused-ring (bicyclic) bond motifs is 1. The molecule has 3 N–H and O–H groups in total. The van der Waals surface area contributed by atoms with Gasteiger partial charge in [0.25, 0.3) is 0 Å². The van der Waals surface area contributed by atoms with Crippen molar-refractivity contribution in [3.63, 3.8) is 0 Å². The molecule has 0 spiro atoms. The zero-order valence-corrected chi connectivity index (χ0v) is 18.2. The van der Waals surface area contributed by atoms with Crippen molar-refractivity contribution < 1.29 is 9.90 Å². The molecule has 0 saturated heterocycles. The van der Waals surface area contributed by atoms with Crippen molar-refractivity contribution in [1.82, 2.24) is 19.3 Å². The van der Waals surface area contributed by atoms with E-state index in [1.807, 2.05) is 36.5 Å². The molecule has 2 aromatic heterocycles. The lowest BCUT2D eigenvalue weighted by atomic mass is 9.81. The van der Waals surface area contributed by atoms with Crippen LogP contribution in [0.25, 0.3) is 5.52 Å². The van der Waals surface area contributed by atoms with Crippen molar-refractivity contribution in [2.45, 2.75) is 38.1 Å². The van der Waals surface area contributed by atoms with E-state index in [2.05, 4.69) is 32.0 Å². The number of benzene rings is 1. The van der Waals surface area contributed by atoms with Crippen molar-refractivity contribution in [2.75, 3.05) is 12.3 Å². The van der Waals surface area contributed by atoms with Crippen LogP contribution in [-0.2, 0) is 6.54 Å². The summed E-state index contributed by atoms with van der Waals surface area (Å²) in [6, 6.07) is 9.77. The first kappa shape index (κ1) is 19.9. The van der Waals surface area contributed by atoms with Gasteiger partial charge in [-0.15, -0.1) is 0 Å². The quantitative estimate of drug-likeness (QED) is 0.502. The molecule has 7 nitrogen and oxygen atoms in total. The molecule has 1 amide bonds. The van der Waals surface area contributed by atoms with Gasteiger partial charge in [-0.3, -0.25) is 4.40 Å². The van der Waals surface area contributed by atoms with E-state index in [4.69, 9.17) is 10.7 Å². The Morgan fingerprint density at radius 3 is 2.66 bits per heavy atom. The lowest BCUT2D eigenvalue weighted by Crippen LogP contribution is -2.35. The summed E-state index contributed by atoms with van der Waals surface area (Å²) in [5.41, 5.74) is 7.93. The van der Waals surface area contributed by atoms with Crippen LogP contribution in [0.5, 0.6) is 0 Å². The number of anilines is 1. The van der Waals surface area contributed by atoms with Crippen LogP contribution in [0.4, 0.5) is 10.6 Å². The average Bonchev–Trinajstić information content (AvgIpc) is 3.06. The van der Waals surface area contributed by atoms with Gasteiger partial charge in [0, 0.05) is 31.4 Å². The predicted molar refractivity (Wildman–Crippen MR) is 120 cm³/mol. The summed E-state index contributed by atoms with van der Waals surface area (Å²) in [7, 11) is 0. The third kappa shape index (κ3) is 4.31. The van der Waals surface area contributed by atoms with E-state index in [0.717, 1.165) is 46.3 Å². The highest BCUT2D eigenvalue weighted by molar-refractivity contribution is 14.1. The minimum atomic E-state index is -0.854. The standard InChI is InChI=1S/C21H24IN5O2/c22-18-17-19(23)24-10-11-27(17)20(25-18)16-8-6-15(7-9-16)13-26(21(28)29)12-14-4-2-1-3-5-14/h1-5,10-11,15-16H,6-9,12-13H2,(H2,23,24)(H,28,29). The van der Waals surface area contributed by atoms with E-state index < -0.39 is 6.09 Å². The summed E-state index contributed by atoms with van der Waals surface area (Å²) in [5, 5.41) is 9.64. The Morgan fingerprint density at radius 2 is 1.97 bits per heavy atom. The van der Waals surface area contributed by atoms with Crippen LogP contribution in [0.15, 0.2) is 42.7 Å². The number of nitrogens with zero attached hydrogens (tertiary/aromatic N) is 4. The molecule has 152 valence electrons. The fourth-order valence-electron chi connectivity index (χ4n) is 4.26. The van der Waals surface area contributed by atoms with Gasteiger partial charge in [-0.25, -0.2) is 14.8 Å². The average molecular weight is 505 g/mol. The summed E-state index contributed by atoms with van der Waals surface area (Å²) in [6.45, 7) is 1.01. The van der Waals surface area contributed by atoms with Gasteiger partial charge in [-0.2, -0.15) is 0 Å². The highest BCUT2D eigenvalue weighted by atomic mass is 127. The number of aromatic nitrogens is 3. The number of nitrogens with two attached hydrogens (primary N) is 1. The van der Waals surface area contributed by atoms with Crippen LogP contribution in [0.1, 0.15) is 43.0 Å². The molecule has 1 aromatic carbocycles. The Kier molecular flexibility index (Phi) is 5.89. The van der Waals surface area contributed by atoms with Crippen molar-refractivity contribution in [3.8, 4) is 0 Å². The molecule has 0 aliphatic heterocycles. The molecule has 1 aliphatic rings. The van der Waals surface area contributed by atoms with Crippen molar-refractivity contribution in [2.24, 2.45) is 5.92 Å². The zero-order valence-electron chi connectivity index (χ0n) is 16.0. The largest absolute Gasteiger partial charge is 0.465 e. The number of hydrogen-bond donors (Lipinski definition) is 2. The predicted octanol–water partition coefficient (Wildman–Crippen LogP) is 4.37. The number of carbonyl (C=O) groups is 1. The zero-order chi connectivity index (χ0) is 20.4. The third-order valence-electron chi connectivity index (χ3n) is 5.75. The molecule has 0 radical (unpaired) electrons. The van der Waals surface area contributed by atoms with E-state index in [9.17, 15) is 9.90 Å². The van der Waals surface area contributed by atoms with Crippen LogP contribution in [0, 0.1) is 9.62 Å². The lowest BCUT2D eigenvalue weighted by molar-refractivity contribution is 0.126. The highest BCUT2D eigenvalue weighted by Gasteiger charge is 2.28. The molecule has 3 aromatic rings. The van der Waals surface area contributed by atoms with Crippen molar-refractivity contribution in [1.29, 1.82) is 0 Å². The molecule has 2 heterocycles. The van der Waals surface area contributed by atoms with Gasteiger partial charge in [0.2, 0.25) is 0 Å². The maximum absolute atomic E-state index is 11.7. The second-order valence-corrected chi connectivity index (χ2v) is 8.68. The molecule has 1 saturated carbocycles. The van der Waals surface area contributed by atoms with Gasteiger partial charge >= 0.3 is 6.09 Å². The Hall–Kier alpha value is -2.36. The first-order chi connectivity index (χ1) is 14.0. The molecular weight excluding hydrogens is 481 g/mol. The first-order valence-electron chi connectivity index (χ1n) is 9.82. The van der Waals surface area contributed by atoms with Crippen LogP contribution in [0.2, 0.25) is 0 Å². The van der Waals surface area contributed by atoms with E-state index in [-0.39, 0.29) is 0 Å². The normalized spacial score (nSPS) is 19.3. The number of rotatable bonds is 5. The van der Waals surface area contributed by atoms with E-state index in [1.54, 1.807) is 11.1 Å². The summed E-state index contributed by atoms with van der Waals surface area (Å²) in [4.78, 5) is 22.2. The second-order valence-electron chi connectivity index (χ2n) is 7.66. The molecule has 29 heavy (non-hydrogen) atoms. The highest BCUT2D eigenvalue weighted by Crippen LogP contribution is 2.37. The van der Waals surface area contributed by atoms with E-state index in [1.165, 1.54) is 0 Å². The first-order valence-corrected chi connectivity index (χ1v) is 10.9. The smallest absolute Gasteiger partial charge is 0.407 e. The van der Waals surface area contributed by atoms with Gasteiger partial charge in [0.1, 0.15) is 15.0 Å². The Bertz CT molecular complexity index is 999. The Balaban J connectivity index is 1.42. The molecular formula is C21H24IN5O2. The fourth-order valence-corrected chi connectivity index (χ4v) is 5.04. The van der Waals surface area contributed by atoms with E-state index in [0.29, 0.717) is 30.7 Å². The lowest BCUT2D eigenvalue weighted by Gasteiger charge is -2.31. The van der Waals surface area contributed by atoms with Gasteiger partial charge in [-0.05, 0) is 59.8 Å². The molecule has 0 atom stereocenters. The summed E-state index contributed by atoms with van der Waals surface area (Å²) in [6.07, 6.45) is 6.78. The number of nitrogen functional groups attached to an aromatic ring is 1. The van der Waals surface area contributed by atoms with Crippen LogP contribution < -0.4 is 5.73 Å². The van der Waals surface area contributed by atoms with Gasteiger partial charge in [-0.1, -0.05) is 30.3 Å². The summed E-state index contributed by atoms with van der Waals surface area (Å²) >= 11 is 2.21. The molecule has 4 rings (SSSR count). The Labute approximate surface area is 183 Å². The van der Waals surface area contributed by atoms with Gasteiger partial charge in [0.05, 0.1) is 0 Å². The molecule has 0 unspecified atom stereocenters. The van der Waals surface area contributed by atoms with Crippen LogP contribution in [0.3, 0.4) is 0 Å². The maximum atomic E-state index is 11.7. The second kappa shape index (κ2) is 8.56. The number of imidazole rings is 1. The summed E-state index contributed by atoms with van der Waals surface area (Å²) < 4.78 is 2.94. The monoisotopic (exact) mass is 505 g/mol. The number of carboxylic acid groups (broad SMARTS) is 1.